The maximum absolute atomic E-state index is 5.59. The zero-order valence-corrected chi connectivity index (χ0v) is 13.1. The van der Waals surface area contributed by atoms with Crippen molar-refractivity contribution in [3.8, 4) is 5.75 Å². The summed E-state index contributed by atoms with van der Waals surface area (Å²) >= 11 is 0. The molecule has 0 aliphatic carbocycles. The molecular weight excluding hydrogens is 258 g/mol. The molecule has 2 aromatic carbocycles. The van der Waals surface area contributed by atoms with Gasteiger partial charge in [-0.25, -0.2) is 0 Å². The second-order valence-corrected chi connectivity index (χ2v) is 5.87. The minimum atomic E-state index is 0.345. The molecule has 0 saturated carbocycles. The van der Waals surface area contributed by atoms with Crippen LogP contribution in [0.5, 0.6) is 5.75 Å². The number of aryl methyl sites for hydroxylation is 2. The van der Waals surface area contributed by atoms with Crippen molar-refractivity contribution in [3.63, 3.8) is 0 Å². The third-order valence-electron chi connectivity index (χ3n) is 4.37. The van der Waals surface area contributed by atoms with E-state index in [1.807, 2.05) is 0 Å². The molecule has 2 nitrogen and oxygen atoms in total. The summed E-state index contributed by atoms with van der Waals surface area (Å²) in [5.41, 5.74) is 6.55. The Balaban J connectivity index is 1.83. The fourth-order valence-electron chi connectivity index (χ4n) is 2.88. The Morgan fingerprint density at radius 1 is 1.10 bits per heavy atom. The van der Waals surface area contributed by atoms with Crippen molar-refractivity contribution in [2.45, 2.75) is 39.7 Å². The van der Waals surface area contributed by atoms with Gasteiger partial charge in [0, 0.05) is 12.1 Å². The SMILES string of the molecule is CCC(Nc1ccc(C)c(C)c1)c1ccc2c(c1)CCO2. The predicted molar refractivity (Wildman–Crippen MR) is 88.2 cm³/mol. The van der Waals surface area contributed by atoms with E-state index in [2.05, 4.69) is 62.5 Å². The number of nitrogens with one attached hydrogen (secondary N) is 1. The molecule has 1 aliphatic heterocycles. The molecule has 1 unspecified atom stereocenters. The summed E-state index contributed by atoms with van der Waals surface area (Å²) in [6.45, 7) is 7.35. The molecule has 1 N–H and O–H groups in total. The summed E-state index contributed by atoms with van der Waals surface area (Å²) in [6, 6.07) is 13.5. The van der Waals surface area contributed by atoms with E-state index in [0.29, 0.717) is 6.04 Å². The Labute approximate surface area is 127 Å². The Bertz CT molecular complexity index is 648. The van der Waals surface area contributed by atoms with Gasteiger partial charge in [-0.2, -0.15) is 0 Å². The lowest BCUT2D eigenvalue weighted by atomic mass is 10.00. The van der Waals surface area contributed by atoms with Crippen LogP contribution in [0, 0.1) is 13.8 Å². The summed E-state index contributed by atoms with van der Waals surface area (Å²) in [7, 11) is 0. The van der Waals surface area contributed by atoms with Gasteiger partial charge >= 0.3 is 0 Å². The summed E-state index contributed by atoms with van der Waals surface area (Å²) < 4.78 is 5.59. The highest BCUT2D eigenvalue weighted by molar-refractivity contribution is 5.51. The first-order valence-electron chi connectivity index (χ1n) is 7.77. The van der Waals surface area contributed by atoms with Crippen LogP contribution < -0.4 is 10.1 Å². The van der Waals surface area contributed by atoms with Gasteiger partial charge in [-0.15, -0.1) is 0 Å². The van der Waals surface area contributed by atoms with Crippen LogP contribution in [-0.2, 0) is 6.42 Å². The molecule has 110 valence electrons. The zero-order chi connectivity index (χ0) is 14.8. The van der Waals surface area contributed by atoms with Gasteiger partial charge in [0.05, 0.1) is 12.6 Å². The molecule has 0 bridgehead atoms. The minimum absolute atomic E-state index is 0.345. The number of anilines is 1. The van der Waals surface area contributed by atoms with Crippen LogP contribution in [0.1, 0.15) is 41.6 Å². The van der Waals surface area contributed by atoms with E-state index in [4.69, 9.17) is 4.74 Å². The van der Waals surface area contributed by atoms with E-state index in [-0.39, 0.29) is 0 Å². The fourth-order valence-corrected chi connectivity index (χ4v) is 2.88. The third kappa shape index (κ3) is 2.90. The monoisotopic (exact) mass is 281 g/mol. The molecule has 0 aromatic heterocycles. The van der Waals surface area contributed by atoms with Crippen LogP contribution in [0.25, 0.3) is 0 Å². The average molecular weight is 281 g/mol. The first kappa shape index (κ1) is 14.0. The van der Waals surface area contributed by atoms with E-state index < -0.39 is 0 Å². The summed E-state index contributed by atoms with van der Waals surface area (Å²) in [5, 5.41) is 3.66. The number of fused-ring (bicyclic) bond motifs is 1. The molecular formula is C19H23NO. The molecule has 0 fully saturated rings. The predicted octanol–water partition coefficient (Wildman–Crippen LogP) is 4.80. The molecule has 0 saturated heterocycles. The number of benzene rings is 2. The molecule has 2 aromatic rings. The molecule has 1 aliphatic rings. The second kappa shape index (κ2) is 5.80. The van der Waals surface area contributed by atoms with Crippen LogP contribution in [0.2, 0.25) is 0 Å². The van der Waals surface area contributed by atoms with E-state index in [1.54, 1.807) is 0 Å². The van der Waals surface area contributed by atoms with Crippen LogP contribution in [0.3, 0.4) is 0 Å². The third-order valence-corrected chi connectivity index (χ3v) is 4.37. The van der Waals surface area contributed by atoms with Crippen molar-refractivity contribution in [3.05, 3.63) is 58.7 Å². The maximum Gasteiger partial charge on any atom is 0.122 e. The molecule has 0 radical (unpaired) electrons. The molecule has 1 heterocycles. The zero-order valence-electron chi connectivity index (χ0n) is 13.1. The van der Waals surface area contributed by atoms with E-state index in [0.717, 1.165) is 25.2 Å². The molecule has 21 heavy (non-hydrogen) atoms. The van der Waals surface area contributed by atoms with Crippen LogP contribution in [-0.4, -0.2) is 6.61 Å². The Hall–Kier alpha value is -1.96. The molecule has 0 spiro atoms. The molecule has 1 atom stereocenters. The maximum atomic E-state index is 5.59. The van der Waals surface area contributed by atoms with Crippen molar-refractivity contribution in [2.75, 3.05) is 11.9 Å². The summed E-state index contributed by atoms with van der Waals surface area (Å²) in [6.07, 6.45) is 2.09. The second-order valence-electron chi connectivity index (χ2n) is 5.87. The van der Waals surface area contributed by atoms with Crippen molar-refractivity contribution in [2.24, 2.45) is 0 Å². The standard InChI is InChI=1S/C19H23NO/c1-4-18(20-17-7-5-13(2)14(3)11-17)15-6-8-19-16(12-15)9-10-21-19/h5-8,11-12,18,20H,4,9-10H2,1-3H3. The van der Waals surface area contributed by atoms with E-state index >= 15 is 0 Å². The minimum Gasteiger partial charge on any atom is -0.493 e. The number of ether oxygens (including phenoxy) is 1. The van der Waals surface area contributed by atoms with Gasteiger partial charge in [0.2, 0.25) is 0 Å². The van der Waals surface area contributed by atoms with Crippen LogP contribution >= 0.6 is 0 Å². The summed E-state index contributed by atoms with van der Waals surface area (Å²) in [5.74, 6) is 1.06. The molecule has 2 heteroatoms. The van der Waals surface area contributed by atoms with Gasteiger partial charge < -0.3 is 10.1 Å². The molecule has 3 rings (SSSR count). The van der Waals surface area contributed by atoms with Gasteiger partial charge in [0.25, 0.3) is 0 Å². The average Bonchev–Trinajstić information content (AvgIpc) is 2.95. The van der Waals surface area contributed by atoms with Crippen molar-refractivity contribution < 1.29 is 4.74 Å². The van der Waals surface area contributed by atoms with Gasteiger partial charge in [0.1, 0.15) is 5.75 Å². The van der Waals surface area contributed by atoms with Crippen LogP contribution in [0.4, 0.5) is 5.69 Å². The lowest BCUT2D eigenvalue weighted by Gasteiger charge is -2.20. The normalized spacial score (nSPS) is 14.4. The quantitative estimate of drug-likeness (QED) is 0.869. The number of hydrogen-bond donors (Lipinski definition) is 1. The Morgan fingerprint density at radius 2 is 1.95 bits per heavy atom. The van der Waals surface area contributed by atoms with E-state index in [1.165, 1.54) is 27.9 Å². The van der Waals surface area contributed by atoms with Crippen molar-refractivity contribution in [1.29, 1.82) is 0 Å². The summed E-state index contributed by atoms with van der Waals surface area (Å²) in [4.78, 5) is 0. The van der Waals surface area contributed by atoms with E-state index in [9.17, 15) is 0 Å². The van der Waals surface area contributed by atoms with Gasteiger partial charge in [0.15, 0.2) is 0 Å². The lowest BCUT2D eigenvalue weighted by Crippen LogP contribution is -2.10. The first-order chi connectivity index (χ1) is 10.2. The molecule has 0 amide bonds. The van der Waals surface area contributed by atoms with Gasteiger partial charge in [-0.05, 0) is 66.8 Å². The topological polar surface area (TPSA) is 21.3 Å². The van der Waals surface area contributed by atoms with Crippen molar-refractivity contribution >= 4 is 5.69 Å². The highest BCUT2D eigenvalue weighted by Gasteiger charge is 2.16. The Kier molecular flexibility index (Phi) is 3.87. The smallest absolute Gasteiger partial charge is 0.122 e. The number of rotatable bonds is 4. The number of hydrogen-bond acceptors (Lipinski definition) is 2. The van der Waals surface area contributed by atoms with Crippen molar-refractivity contribution in [1.82, 2.24) is 0 Å². The fraction of sp³-hybridized carbons (Fsp3) is 0.368. The van der Waals surface area contributed by atoms with Crippen LogP contribution in [0.15, 0.2) is 36.4 Å². The highest BCUT2D eigenvalue weighted by Crippen LogP contribution is 2.31. The van der Waals surface area contributed by atoms with Gasteiger partial charge in [-0.3, -0.25) is 0 Å². The highest BCUT2D eigenvalue weighted by atomic mass is 16.5. The first-order valence-corrected chi connectivity index (χ1v) is 7.77. The lowest BCUT2D eigenvalue weighted by molar-refractivity contribution is 0.357. The largest absolute Gasteiger partial charge is 0.493 e. The van der Waals surface area contributed by atoms with Gasteiger partial charge in [-0.1, -0.05) is 19.1 Å². The Morgan fingerprint density at radius 3 is 2.71 bits per heavy atom.